The van der Waals surface area contributed by atoms with E-state index in [9.17, 15) is 9.59 Å². The van der Waals surface area contributed by atoms with E-state index in [0.717, 1.165) is 11.1 Å². The largest absolute Gasteiger partial charge is 0.322 e. The maximum atomic E-state index is 12.5. The van der Waals surface area contributed by atoms with Crippen LogP contribution in [0.5, 0.6) is 0 Å². The molecule has 6 heteroatoms. The average Bonchev–Trinajstić information content (AvgIpc) is 2.67. The van der Waals surface area contributed by atoms with Crippen molar-refractivity contribution in [2.24, 2.45) is 0 Å². The zero-order chi connectivity index (χ0) is 20.3. The van der Waals surface area contributed by atoms with Crippen LogP contribution in [0.1, 0.15) is 31.8 Å². The van der Waals surface area contributed by atoms with Crippen molar-refractivity contribution < 1.29 is 9.59 Å². The fourth-order valence-electron chi connectivity index (χ4n) is 2.55. The molecule has 2 N–H and O–H groups in total. The summed E-state index contributed by atoms with van der Waals surface area (Å²) in [7, 11) is 0. The fraction of sp³-hybridized carbons (Fsp3) is 0.0909. The summed E-state index contributed by atoms with van der Waals surface area (Å²) in [6.07, 6.45) is 0. The molecule has 142 valence electrons. The van der Waals surface area contributed by atoms with Crippen LogP contribution < -0.4 is 10.6 Å². The van der Waals surface area contributed by atoms with E-state index in [-0.39, 0.29) is 11.8 Å². The predicted octanol–water partition coefficient (Wildman–Crippen LogP) is 6.11. The number of amides is 2. The molecule has 0 fully saturated rings. The number of hydrogen-bond donors (Lipinski definition) is 2. The molecule has 4 nitrogen and oxygen atoms in total. The molecule has 0 bridgehead atoms. The van der Waals surface area contributed by atoms with Gasteiger partial charge in [-0.25, -0.2) is 0 Å². The van der Waals surface area contributed by atoms with Gasteiger partial charge in [-0.05, 0) is 67.4 Å². The normalized spacial score (nSPS) is 10.4. The molecule has 3 aromatic carbocycles. The van der Waals surface area contributed by atoms with E-state index in [0.29, 0.717) is 32.5 Å². The molecule has 0 unspecified atom stereocenters. The molecule has 0 saturated carbocycles. The number of hydrogen-bond acceptors (Lipinski definition) is 2. The number of anilines is 2. The van der Waals surface area contributed by atoms with E-state index < -0.39 is 0 Å². The van der Waals surface area contributed by atoms with Crippen LogP contribution >= 0.6 is 23.2 Å². The molecule has 3 aromatic rings. The van der Waals surface area contributed by atoms with Gasteiger partial charge in [0.1, 0.15) is 0 Å². The molecule has 0 radical (unpaired) electrons. The van der Waals surface area contributed by atoms with Gasteiger partial charge in [0.15, 0.2) is 0 Å². The van der Waals surface area contributed by atoms with E-state index in [2.05, 4.69) is 10.6 Å². The first kappa shape index (κ1) is 19.9. The van der Waals surface area contributed by atoms with Crippen molar-refractivity contribution in [3.63, 3.8) is 0 Å². The lowest BCUT2D eigenvalue weighted by atomic mass is 10.1. The Bertz CT molecular complexity index is 983. The third-order valence-corrected chi connectivity index (χ3v) is 5.06. The molecule has 3 rings (SSSR count). The topological polar surface area (TPSA) is 58.2 Å². The molecule has 0 aliphatic rings. The summed E-state index contributed by atoms with van der Waals surface area (Å²) in [6, 6.07) is 17.1. The van der Waals surface area contributed by atoms with Crippen LogP contribution in [0.25, 0.3) is 0 Å². The fourth-order valence-corrected chi connectivity index (χ4v) is 2.91. The Hall–Kier alpha value is -2.82. The van der Waals surface area contributed by atoms with Gasteiger partial charge in [0.05, 0.1) is 0 Å². The lowest BCUT2D eigenvalue weighted by Crippen LogP contribution is -2.15. The van der Waals surface area contributed by atoms with Gasteiger partial charge in [-0.3, -0.25) is 9.59 Å². The molecule has 2 amide bonds. The maximum absolute atomic E-state index is 12.5. The number of carbonyl (C=O) groups excluding carboxylic acids is 2. The number of nitrogens with one attached hydrogen (secondary N) is 2. The van der Waals surface area contributed by atoms with Crippen LogP contribution in [0.3, 0.4) is 0 Å². The predicted molar refractivity (Wildman–Crippen MR) is 115 cm³/mol. The highest BCUT2D eigenvalue weighted by Crippen LogP contribution is 2.22. The lowest BCUT2D eigenvalue weighted by molar-refractivity contribution is 0.102. The number of aryl methyl sites for hydroxylation is 2. The molecule has 0 aromatic heterocycles. The standard InChI is InChI=1S/C22H18Cl2N2O2/c1-13-6-8-17(11-19(13)23)25-21(27)15-4-3-5-16(10-15)22(28)26-18-9-7-14(2)20(24)12-18/h3-12H,1-2H3,(H,25,27)(H,26,28). The first-order valence-electron chi connectivity index (χ1n) is 8.58. The Morgan fingerprint density at radius 3 is 1.50 bits per heavy atom. The van der Waals surface area contributed by atoms with Gasteiger partial charge in [0.25, 0.3) is 11.8 Å². The van der Waals surface area contributed by atoms with Crippen LogP contribution in [-0.2, 0) is 0 Å². The van der Waals surface area contributed by atoms with E-state index in [1.807, 2.05) is 26.0 Å². The second-order valence-electron chi connectivity index (χ2n) is 6.42. The highest BCUT2D eigenvalue weighted by molar-refractivity contribution is 6.32. The summed E-state index contributed by atoms with van der Waals surface area (Å²) in [4.78, 5) is 25.0. The Labute approximate surface area is 173 Å². The molecular weight excluding hydrogens is 395 g/mol. The van der Waals surface area contributed by atoms with Crippen molar-refractivity contribution in [1.82, 2.24) is 0 Å². The maximum Gasteiger partial charge on any atom is 0.255 e. The smallest absolute Gasteiger partial charge is 0.255 e. The third-order valence-electron chi connectivity index (χ3n) is 4.25. The van der Waals surface area contributed by atoms with Gasteiger partial charge >= 0.3 is 0 Å². The highest BCUT2D eigenvalue weighted by Gasteiger charge is 2.12. The zero-order valence-electron chi connectivity index (χ0n) is 15.3. The summed E-state index contributed by atoms with van der Waals surface area (Å²) >= 11 is 12.2. The van der Waals surface area contributed by atoms with Crippen molar-refractivity contribution >= 4 is 46.4 Å². The minimum Gasteiger partial charge on any atom is -0.322 e. The van der Waals surface area contributed by atoms with Gasteiger partial charge in [0.2, 0.25) is 0 Å². The molecule has 0 spiro atoms. The monoisotopic (exact) mass is 412 g/mol. The third kappa shape index (κ3) is 4.71. The molecule has 0 heterocycles. The van der Waals surface area contributed by atoms with E-state index >= 15 is 0 Å². The Balaban J connectivity index is 1.75. The van der Waals surface area contributed by atoms with E-state index in [1.165, 1.54) is 6.07 Å². The quantitative estimate of drug-likeness (QED) is 0.542. The molecule has 0 aliphatic carbocycles. The number of halogens is 2. The molecular formula is C22H18Cl2N2O2. The second-order valence-corrected chi connectivity index (χ2v) is 7.23. The zero-order valence-corrected chi connectivity index (χ0v) is 16.9. The van der Waals surface area contributed by atoms with Crippen LogP contribution in [-0.4, -0.2) is 11.8 Å². The Kier molecular flexibility index (Phi) is 6.02. The molecule has 28 heavy (non-hydrogen) atoms. The van der Waals surface area contributed by atoms with Crippen LogP contribution in [0.4, 0.5) is 11.4 Å². The minimum atomic E-state index is -0.326. The van der Waals surface area contributed by atoms with Gasteiger partial charge in [0, 0.05) is 32.5 Å². The number of rotatable bonds is 4. The first-order chi connectivity index (χ1) is 13.3. The van der Waals surface area contributed by atoms with E-state index in [1.54, 1.807) is 42.5 Å². The summed E-state index contributed by atoms with van der Waals surface area (Å²) in [5.74, 6) is -0.652. The van der Waals surface area contributed by atoms with Crippen molar-refractivity contribution in [2.75, 3.05) is 10.6 Å². The van der Waals surface area contributed by atoms with Crippen molar-refractivity contribution in [1.29, 1.82) is 0 Å². The van der Waals surface area contributed by atoms with Crippen molar-refractivity contribution in [3.8, 4) is 0 Å². The number of carbonyl (C=O) groups is 2. The Morgan fingerprint density at radius 1 is 0.679 bits per heavy atom. The SMILES string of the molecule is Cc1ccc(NC(=O)c2cccc(C(=O)Nc3ccc(C)c(Cl)c3)c2)cc1Cl. The van der Waals surface area contributed by atoms with Crippen LogP contribution in [0.2, 0.25) is 10.0 Å². The van der Waals surface area contributed by atoms with Crippen LogP contribution in [0.15, 0.2) is 60.7 Å². The second kappa shape index (κ2) is 8.46. The molecule has 0 saturated heterocycles. The summed E-state index contributed by atoms with van der Waals surface area (Å²) in [6.45, 7) is 3.77. The summed E-state index contributed by atoms with van der Waals surface area (Å²) in [5, 5.41) is 6.71. The minimum absolute atomic E-state index is 0.326. The van der Waals surface area contributed by atoms with Gasteiger partial charge in [-0.2, -0.15) is 0 Å². The van der Waals surface area contributed by atoms with Crippen molar-refractivity contribution in [2.45, 2.75) is 13.8 Å². The Morgan fingerprint density at radius 2 is 1.11 bits per heavy atom. The lowest BCUT2D eigenvalue weighted by Gasteiger charge is -2.09. The highest BCUT2D eigenvalue weighted by atomic mass is 35.5. The summed E-state index contributed by atoms with van der Waals surface area (Å²) in [5.41, 5.74) is 3.76. The number of benzene rings is 3. The van der Waals surface area contributed by atoms with Gasteiger partial charge in [-0.1, -0.05) is 41.4 Å². The molecule has 0 atom stereocenters. The molecule has 0 aliphatic heterocycles. The van der Waals surface area contributed by atoms with E-state index in [4.69, 9.17) is 23.2 Å². The first-order valence-corrected chi connectivity index (χ1v) is 9.34. The summed E-state index contributed by atoms with van der Waals surface area (Å²) < 4.78 is 0. The van der Waals surface area contributed by atoms with Gasteiger partial charge in [-0.15, -0.1) is 0 Å². The van der Waals surface area contributed by atoms with Gasteiger partial charge < -0.3 is 10.6 Å². The van der Waals surface area contributed by atoms with Crippen molar-refractivity contribution in [3.05, 3.63) is 93.0 Å². The average molecular weight is 413 g/mol. The van der Waals surface area contributed by atoms with Crippen LogP contribution in [0, 0.1) is 13.8 Å².